The average Bonchev–Trinajstić information content (AvgIpc) is 2.86. The SMILES string of the molecule is C=CCN(CC=C)C(C)c1nc2ccccc2n1CC#N. The Morgan fingerprint density at radius 2 is 2.00 bits per heavy atom. The van der Waals surface area contributed by atoms with Crippen LogP contribution < -0.4 is 0 Å². The summed E-state index contributed by atoms with van der Waals surface area (Å²) in [6.07, 6.45) is 3.74. The third-order valence-corrected chi connectivity index (χ3v) is 3.56. The van der Waals surface area contributed by atoms with E-state index in [-0.39, 0.29) is 6.04 Å². The summed E-state index contributed by atoms with van der Waals surface area (Å²) in [5, 5.41) is 9.10. The van der Waals surface area contributed by atoms with E-state index in [4.69, 9.17) is 10.2 Å². The van der Waals surface area contributed by atoms with Crippen molar-refractivity contribution in [3.63, 3.8) is 0 Å². The molecule has 21 heavy (non-hydrogen) atoms. The van der Waals surface area contributed by atoms with Crippen molar-refractivity contribution >= 4 is 11.0 Å². The number of imidazole rings is 1. The van der Waals surface area contributed by atoms with E-state index < -0.39 is 0 Å². The monoisotopic (exact) mass is 280 g/mol. The van der Waals surface area contributed by atoms with Gasteiger partial charge in [0.25, 0.3) is 0 Å². The topological polar surface area (TPSA) is 44.9 Å². The van der Waals surface area contributed by atoms with Crippen molar-refractivity contribution in [3.8, 4) is 6.07 Å². The normalized spacial score (nSPS) is 12.2. The largest absolute Gasteiger partial charge is 0.313 e. The van der Waals surface area contributed by atoms with Crippen molar-refractivity contribution in [3.05, 3.63) is 55.4 Å². The molecule has 0 saturated carbocycles. The van der Waals surface area contributed by atoms with Gasteiger partial charge < -0.3 is 4.57 Å². The van der Waals surface area contributed by atoms with E-state index in [1.807, 2.05) is 41.0 Å². The van der Waals surface area contributed by atoms with E-state index >= 15 is 0 Å². The highest BCUT2D eigenvalue weighted by atomic mass is 15.2. The first-order valence-corrected chi connectivity index (χ1v) is 7.00. The van der Waals surface area contributed by atoms with Gasteiger partial charge in [-0.2, -0.15) is 5.26 Å². The second-order valence-electron chi connectivity index (χ2n) is 4.91. The fourth-order valence-electron chi connectivity index (χ4n) is 2.54. The van der Waals surface area contributed by atoms with Crippen molar-refractivity contribution in [1.82, 2.24) is 14.5 Å². The van der Waals surface area contributed by atoms with E-state index in [0.717, 1.165) is 29.9 Å². The highest BCUT2D eigenvalue weighted by Gasteiger charge is 2.20. The molecule has 1 atom stereocenters. The van der Waals surface area contributed by atoms with Crippen molar-refractivity contribution in [2.75, 3.05) is 13.1 Å². The van der Waals surface area contributed by atoms with E-state index in [2.05, 4.69) is 31.1 Å². The molecule has 1 aromatic carbocycles. The number of hydrogen-bond acceptors (Lipinski definition) is 3. The standard InChI is InChI=1S/C17H20N4/c1-4-11-20(12-5-2)14(3)17-19-15-8-6-7-9-16(15)21(17)13-10-18/h4-9,14H,1-2,11-13H2,3H3. The number of nitrogens with zero attached hydrogens (tertiary/aromatic N) is 4. The van der Waals surface area contributed by atoms with Crippen LogP contribution in [0.5, 0.6) is 0 Å². The summed E-state index contributed by atoms with van der Waals surface area (Å²) in [6, 6.07) is 10.2. The number of aromatic nitrogens is 2. The van der Waals surface area contributed by atoms with Crippen LogP contribution in [0.2, 0.25) is 0 Å². The minimum Gasteiger partial charge on any atom is -0.313 e. The lowest BCUT2D eigenvalue weighted by molar-refractivity contribution is 0.247. The summed E-state index contributed by atoms with van der Waals surface area (Å²) in [5.74, 6) is 0.904. The number of hydrogen-bond donors (Lipinski definition) is 0. The number of rotatable bonds is 7. The lowest BCUT2D eigenvalue weighted by Crippen LogP contribution is -2.29. The van der Waals surface area contributed by atoms with Gasteiger partial charge in [0.05, 0.1) is 23.1 Å². The molecule has 0 bridgehead atoms. The van der Waals surface area contributed by atoms with Crippen LogP contribution in [-0.2, 0) is 6.54 Å². The Bertz CT molecular complexity index is 668. The third kappa shape index (κ3) is 3.04. The van der Waals surface area contributed by atoms with E-state index in [0.29, 0.717) is 6.54 Å². The molecule has 0 aliphatic rings. The van der Waals surface area contributed by atoms with Gasteiger partial charge >= 0.3 is 0 Å². The molecular weight excluding hydrogens is 260 g/mol. The van der Waals surface area contributed by atoms with Crippen LogP contribution in [0.1, 0.15) is 18.8 Å². The Balaban J connectivity index is 2.48. The molecular formula is C17H20N4. The van der Waals surface area contributed by atoms with Crippen LogP contribution >= 0.6 is 0 Å². The van der Waals surface area contributed by atoms with Crippen LogP contribution in [0.25, 0.3) is 11.0 Å². The summed E-state index contributed by atoms with van der Waals surface area (Å²) in [6.45, 7) is 11.5. The van der Waals surface area contributed by atoms with Crippen LogP contribution in [-0.4, -0.2) is 27.5 Å². The van der Waals surface area contributed by atoms with Crippen molar-refractivity contribution in [2.24, 2.45) is 0 Å². The molecule has 0 aliphatic carbocycles. The molecule has 0 fully saturated rings. The van der Waals surface area contributed by atoms with Crippen LogP contribution in [0.4, 0.5) is 0 Å². The van der Waals surface area contributed by atoms with Gasteiger partial charge in [0.15, 0.2) is 0 Å². The predicted molar refractivity (Wildman–Crippen MR) is 85.7 cm³/mol. The predicted octanol–water partition coefficient (Wildman–Crippen LogP) is 3.29. The maximum Gasteiger partial charge on any atom is 0.127 e. The van der Waals surface area contributed by atoms with Gasteiger partial charge in [0, 0.05) is 13.1 Å². The first-order valence-electron chi connectivity index (χ1n) is 7.00. The summed E-state index contributed by atoms with van der Waals surface area (Å²) < 4.78 is 1.99. The molecule has 1 aromatic heterocycles. The molecule has 1 heterocycles. The zero-order valence-electron chi connectivity index (χ0n) is 12.4. The van der Waals surface area contributed by atoms with Gasteiger partial charge in [-0.1, -0.05) is 24.3 Å². The molecule has 4 nitrogen and oxygen atoms in total. The molecule has 0 N–H and O–H groups in total. The summed E-state index contributed by atoms with van der Waals surface area (Å²) in [4.78, 5) is 6.94. The first kappa shape index (κ1) is 15.0. The zero-order valence-corrected chi connectivity index (χ0v) is 12.4. The molecule has 2 aromatic rings. The molecule has 1 unspecified atom stereocenters. The second-order valence-corrected chi connectivity index (χ2v) is 4.91. The second kappa shape index (κ2) is 6.87. The molecule has 0 saturated heterocycles. The quantitative estimate of drug-likeness (QED) is 0.731. The fourth-order valence-corrected chi connectivity index (χ4v) is 2.54. The first-order chi connectivity index (χ1) is 10.2. The molecule has 0 radical (unpaired) electrons. The van der Waals surface area contributed by atoms with Crippen LogP contribution in [0, 0.1) is 11.3 Å². The Hall–Kier alpha value is -2.38. The van der Waals surface area contributed by atoms with Gasteiger partial charge in [-0.3, -0.25) is 4.90 Å². The van der Waals surface area contributed by atoms with Crippen molar-refractivity contribution < 1.29 is 0 Å². The summed E-state index contributed by atoms with van der Waals surface area (Å²) in [5.41, 5.74) is 1.92. The number of fused-ring (bicyclic) bond motifs is 1. The number of para-hydroxylation sites is 2. The van der Waals surface area contributed by atoms with Gasteiger partial charge in [-0.25, -0.2) is 4.98 Å². The fraction of sp³-hybridized carbons (Fsp3) is 0.294. The lowest BCUT2D eigenvalue weighted by Gasteiger charge is -2.26. The van der Waals surface area contributed by atoms with Crippen molar-refractivity contribution in [2.45, 2.75) is 19.5 Å². The molecule has 0 spiro atoms. The Kier molecular flexibility index (Phi) is 4.91. The summed E-state index contributed by atoms with van der Waals surface area (Å²) >= 11 is 0. The van der Waals surface area contributed by atoms with Crippen LogP contribution in [0.3, 0.4) is 0 Å². The molecule has 108 valence electrons. The highest BCUT2D eigenvalue weighted by Crippen LogP contribution is 2.24. The Morgan fingerprint density at radius 1 is 1.33 bits per heavy atom. The third-order valence-electron chi connectivity index (χ3n) is 3.56. The minimum atomic E-state index is 0.0850. The number of benzene rings is 1. The Morgan fingerprint density at radius 3 is 2.62 bits per heavy atom. The van der Waals surface area contributed by atoms with E-state index in [1.54, 1.807) is 0 Å². The van der Waals surface area contributed by atoms with Crippen LogP contribution in [0.15, 0.2) is 49.6 Å². The van der Waals surface area contributed by atoms with E-state index in [9.17, 15) is 0 Å². The van der Waals surface area contributed by atoms with Crippen molar-refractivity contribution in [1.29, 1.82) is 5.26 Å². The average molecular weight is 280 g/mol. The van der Waals surface area contributed by atoms with E-state index in [1.165, 1.54) is 0 Å². The van der Waals surface area contributed by atoms with Gasteiger partial charge in [-0.15, -0.1) is 13.2 Å². The zero-order chi connectivity index (χ0) is 15.2. The molecule has 4 heteroatoms. The minimum absolute atomic E-state index is 0.0850. The Labute approximate surface area is 125 Å². The molecule has 0 aliphatic heterocycles. The molecule has 0 amide bonds. The highest BCUT2D eigenvalue weighted by molar-refractivity contribution is 5.76. The maximum atomic E-state index is 9.10. The summed E-state index contributed by atoms with van der Waals surface area (Å²) in [7, 11) is 0. The van der Waals surface area contributed by atoms with Gasteiger partial charge in [0.2, 0.25) is 0 Å². The smallest absolute Gasteiger partial charge is 0.127 e. The van der Waals surface area contributed by atoms with Gasteiger partial charge in [0.1, 0.15) is 12.4 Å². The van der Waals surface area contributed by atoms with Gasteiger partial charge in [-0.05, 0) is 19.1 Å². The maximum absolute atomic E-state index is 9.10. The molecule has 2 rings (SSSR count). The lowest BCUT2D eigenvalue weighted by atomic mass is 10.2. The number of nitriles is 1.